The van der Waals surface area contributed by atoms with Crippen LogP contribution < -0.4 is 4.90 Å². The molecule has 1 N–H and O–H groups in total. The predicted octanol–water partition coefficient (Wildman–Crippen LogP) is 14.5. The zero-order chi connectivity index (χ0) is 45.7. The minimum absolute atomic E-state index is 0.00169. The number of aliphatic hydroxyl groups excluding tert-OH is 1. The highest BCUT2D eigenvalue weighted by atomic mass is 19.4. The molecule has 9 rings (SSSR count). The first-order valence-electron chi connectivity index (χ1n) is 19.1. The van der Waals surface area contributed by atoms with Gasteiger partial charge in [-0.25, -0.2) is 0 Å². The van der Waals surface area contributed by atoms with Gasteiger partial charge in [0.05, 0.1) is 44.7 Å². The molecule has 1 atom stereocenters. The number of carbonyl (C=O) groups excluding carboxylic acids is 1. The van der Waals surface area contributed by atoms with Crippen LogP contribution in [0.25, 0.3) is 60.9 Å². The van der Waals surface area contributed by atoms with E-state index >= 15 is 0 Å². The third-order valence-electron chi connectivity index (χ3n) is 11.1. The molecule has 0 radical (unpaired) electrons. The number of aliphatic hydroxyl groups is 1. The van der Waals surface area contributed by atoms with E-state index in [2.05, 4.69) is 0 Å². The number of hydrogen-bond acceptors (Lipinski definition) is 2. The molecule has 0 fully saturated rings. The molecule has 64 heavy (non-hydrogen) atoms. The molecule has 324 valence electrons. The summed E-state index contributed by atoms with van der Waals surface area (Å²) in [5.41, 5.74) is -5.77. The van der Waals surface area contributed by atoms with E-state index in [0.717, 1.165) is 4.90 Å². The summed E-state index contributed by atoms with van der Waals surface area (Å²) < 4.78 is 170. The molecular formula is C48H26F12N2O2. The number of alkyl halides is 12. The quantitative estimate of drug-likeness (QED) is 0.175. The smallest absolute Gasteiger partial charge is 0.369 e. The molecule has 8 aromatic rings. The average molecular weight is 891 g/mol. The third-order valence-corrected chi connectivity index (χ3v) is 11.1. The number of hydrogen-bond donors (Lipinski definition) is 1. The lowest BCUT2D eigenvalue weighted by molar-refractivity contribution is -0.144. The van der Waals surface area contributed by atoms with Crippen LogP contribution in [0.3, 0.4) is 0 Å². The van der Waals surface area contributed by atoms with E-state index in [1.54, 1.807) is 54.6 Å². The molecule has 1 aromatic heterocycles. The molecule has 4 nitrogen and oxygen atoms in total. The van der Waals surface area contributed by atoms with Crippen LogP contribution in [0, 0.1) is 0 Å². The van der Waals surface area contributed by atoms with Crippen LogP contribution in [0.5, 0.6) is 0 Å². The van der Waals surface area contributed by atoms with Crippen molar-refractivity contribution in [1.82, 2.24) is 4.57 Å². The molecular weight excluding hydrogens is 865 g/mol. The second-order valence-corrected chi connectivity index (χ2v) is 15.1. The van der Waals surface area contributed by atoms with Gasteiger partial charge >= 0.3 is 24.7 Å². The Morgan fingerprint density at radius 2 is 0.828 bits per heavy atom. The van der Waals surface area contributed by atoms with E-state index in [-0.39, 0.29) is 51.1 Å². The van der Waals surface area contributed by atoms with Crippen molar-refractivity contribution in [3.63, 3.8) is 0 Å². The molecule has 0 saturated carbocycles. The van der Waals surface area contributed by atoms with Crippen molar-refractivity contribution in [3.8, 4) is 39.1 Å². The van der Waals surface area contributed by atoms with Gasteiger partial charge < -0.3 is 9.67 Å². The Kier molecular flexibility index (Phi) is 9.74. The van der Waals surface area contributed by atoms with Crippen LogP contribution in [0.1, 0.15) is 44.4 Å². The Bertz CT molecular complexity index is 2970. The van der Waals surface area contributed by atoms with Crippen LogP contribution in [-0.2, 0) is 24.7 Å². The predicted molar refractivity (Wildman–Crippen MR) is 215 cm³/mol. The van der Waals surface area contributed by atoms with E-state index in [1.165, 1.54) is 59.2 Å². The minimum atomic E-state index is -5.18. The van der Waals surface area contributed by atoms with Crippen LogP contribution >= 0.6 is 0 Å². The second-order valence-electron chi connectivity index (χ2n) is 15.1. The van der Waals surface area contributed by atoms with E-state index in [9.17, 15) is 62.6 Å². The zero-order valence-electron chi connectivity index (χ0n) is 32.2. The lowest BCUT2D eigenvalue weighted by Crippen LogP contribution is -2.28. The van der Waals surface area contributed by atoms with E-state index in [4.69, 9.17) is 0 Å². The van der Waals surface area contributed by atoms with Gasteiger partial charge in [0.1, 0.15) is 0 Å². The fourth-order valence-electron chi connectivity index (χ4n) is 8.24. The summed E-state index contributed by atoms with van der Waals surface area (Å²) in [6, 6.07) is 30.0. The van der Waals surface area contributed by atoms with Crippen molar-refractivity contribution in [1.29, 1.82) is 0 Å². The average Bonchev–Trinajstić information content (AvgIpc) is 3.71. The van der Waals surface area contributed by atoms with Crippen molar-refractivity contribution >= 4 is 33.4 Å². The second kappa shape index (κ2) is 14.8. The fourth-order valence-corrected chi connectivity index (χ4v) is 8.24. The highest BCUT2D eigenvalue weighted by Gasteiger charge is 2.41. The van der Waals surface area contributed by atoms with Crippen LogP contribution in [0.2, 0.25) is 0 Å². The number of amides is 1. The Morgan fingerprint density at radius 3 is 1.30 bits per heavy atom. The van der Waals surface area contributed by atoms with Crippen molar-refractivity contribution in [2.75, 3.05) is 4.90 Å². The highest BCUT2D eigenvalue weighted by molar-refractivity contribution is 6.15. The molecule has 0 bridgehead atoms. The Hall–Kier alpha value is -7.07. The number of rotatable bonds is 5. The summed E-state index contributed by atoms with van der Waals surface area (Å²) in [4.78, 5) is 15.5. The van der Waals surface area contributed by atoms with Crippen molar-refractivity contribution in [3.05, 3.63) is 179 Å². The van der Waals surface area contributed by atoms with Crippen LogP contribution in [-0.4, -0.2) is 15.6 Å². The van der Waals surface area contributed by atoms with Gasteiger partial charge in [-0.3, -0.25) is 9.69 Å². The Morgan fingerprint density at radius 1 is 0.406 bits per heavy atom. The topological polar surface area (TPSA) is 45.5 Å². The van der Waals surface area contributed by atoms with E-state index in [0.29, 0.717) is 51.9 Å². The SMILES string of the molecule is O=C1c2cccc(-n3c4cc(-c5cc(C(F)(F)F)cc(C(F)(F)F)c5)ccc4c4ccc(-c5cc(C(F)(F)F)cc(C(F)(F)F)c5)cc43)c2C(O)N1c1ccccc1-c1ccccc1. The number of aromatic nitrogens is 1. The first-order valence-corrected chi connectivity index (χ1v) is 19.1. The zero-order valence-corrected chi connectivity index (χ0v) is 32.2. The summed E-state index contributed by atoms with van der Waals surface area (Å²) in [7, 11) is 0. The first kappa shape index (κ1) is 42.2. The summed E-state index contributed by atoms with van der Waals surface area (Å²) >= 11 is 0. The molecule has 0 spiro atoms. The standard InChI is InChI=1S/C48H26F12N2O2/c49-45(50,51)30-17-28(18-31(23-30)46(52,53)54)26-13-15-35-36-16-14-27(29-19-32(47(55,56)57)24-33(20-29)48(58,59)60)22-41(36)61(40(35)21-26)39-12-6-10-37-42(39)44(64)62(43(37)63)38-11-5-4-9-34(38)25-7-2-1-3-8-25/h1-24,44,64H. The molecule has 1 amide bonds. The van der Waals surface area contributed by atoms with Gasteiger partial charge in [0.15, 0.2) is 6.23 Å². The Balaban J connectivity index is 1.32. The monoisotopic (exact) mass is 890 g/mol. The van der Waals surface area contributed by atoms with Gasteiger partial charge in [-0.15, -0.1) is 0 Å². The summed E-state index contributed by atoms with van der Waals surface area (Å²) in [6.45, 7) is 0. The van der Waals surface area contributed by atoms with Gasteiger partial charge in [0, 0.05) is 27.5 Å². The molecule has 7 aromatic carbocycles. The molecule has 1 aliphatic rings. The molecule has 16 heteroatoms. The Labute approximate surface area is 353 Å². The lowest BCUT2D eigenvalue weighted by atomic mass is 9.97. The summed E-state index contributed by atoms with van der Waals surface area (Å²) in [6.07, 6.45) is -22.4. The third kappa shape index (κ3) is 7.30. The number of para-hydroxylation sites is 1. The molecule has 0 saturated heterocycles. The van der Waals surface area contributed by atoms with Gasteiger partial charge in [-0.2, -0.15) is 52.7 Å². The maximum Gasteiger partial charge on any atom is 0.416 e. The fraction of sp³-hybridized carbons (Fsp3) is 0.104. The number of halogens is 12. The van der Waals surface area contributed by atoms with Crippen molar-refractivity contribution in [2.24, 2.45) is 0 Å². The van der Waals surface area contributed by atoms with Gasteiger partial charge in [-0.1, -0.05) is 78.9 Å². The highest BCUT2D eigenvalue weighted by Crippen LogP contribution is 2.47. The maximum absolute atomic E-state index is 14.4. The van der Waals surface area contributed by atoms with E-state index in [1.807, 2.05) is 0 Å². The molecule has 0 aliphatic carbocycles. The largest absolute Gasteiger partial charge is 0.416 e. The number of carbonyl (C=O) groups is 1. The maximum atomic E-state index is 14.4. The van der Waals surface area contributed by atoms with Crippen molar-refractivity contribution in [2.45, 2.75) is 30.9 Å². The summed E-state index contributed by atoms with van der Waals surface area (Å²) in [5, 5.41) is 12.8. The van der Waals surface area contributed by atoms with Gasteiger partial charge in [-0.05, 0) is 94.5 Å². The van der Waals surface area contributed by atoms with Gasteiger partial charge in [0.25, 0.3) is 5.91 Å². The van der Waals surface area contributed by atoms with Crippen LogP contribution in [0.4, 0.5) is 58.4 Å². The van der Waals surface area contributed by atoms with Crippen molar-refractivity contribution < 1.29 is 62.6 Å². The van der Waals surface area contributed by atoms with Crippen LogP contribution in [0.15, 0.2) is 146 Å². The number of anilines is 1. The minimum Gasteiger partial charge on any atom is -0.369 e. The normalized spacial score (nSPS) is 14.8. The number of benzene rings is 7. The first-order chi connectivity index (χ1) is 30.1. The number of fused-ring (bicyclic) bond motifs is 4. The van der Waals surface area contributed by atoms with E-state index < -0.39 is 70.2 Å². The summed E-state index contributed by atoms with van der Waals surface area (Å²) in [5.74, 6) is -0.651. The lowest BCUT2D eigenvalue weighted by Gasteiger charge is -2.25. The number of nitrogens with zero attached hydrogens (tertiary/aromatic N) is 2. The molecule has 1 aliphatic heterocycles. The van der Waals surface area contributed by atoms with Gasteiger partial charge in [0.2, 0.25) is 0 Å². The molecule has 2 heterocycles. The molecule has 1 unspecified atom stereocenters.